The summed E-state index contributed by atoms with van der Waals surface area (Å²) < 4.78 is 0. The van der Waals surface area contributed by atoms with Gasteiger partial charge in [0.15, 0.2) is 0 Å². The third kappa shape index (κ3) is 2.33. The van der Waals surface area contributed by atoms with Gasteiger partial charge < -0.3 is 5.11 Å². The van der Waals surface area contributed by atoms with E-state index in [1.54, 1.807) is 12.1 Å². The molecule has 0 fully saturated rings. The monoisotopic (exact) mass is 241 g/mol. The summed E-state index contributed by atoms with van der Waals surface area (Å²) in [6, 6.07) is 7.24. The van der Waals surface area contributed by atoms with E-state index in [1.807, 2.05) is 12.1 Å². The van der Waals surface area contributed by atoms with Crippen molar-refractivity contribution in [3.05, 3.63) is 34.9 Å². The van der Waals surface area contributed by atoms with Crippen LogP contribution in [0.25, 0.3) is 0 Å². The van der Waals surface area contributed by atoms with E-state index in [0.717, 1.165) is 10.6 Å². The van der Waals surface area contributed by atoms with Gasteiger partial charge >= 0.3 is 5.97 Å². The molecule has 15 heavy (non-hydrogen) atoms. The lowest BCUT2D eigenvalue weighted by atomic mass is 10.2. The molecule has 1 atom stereocenters. The quantitative estimate of drug-likeness (QED) is 0.864. The lowest BCUT2D eigenvalue weighted by Gasteiger charge is -2.02. The highest BCUT2D eigenvalue weighted by molar-refractivity contribution is 8.15. The summed E-state index contributed by atoms with van der Waals surface area (Å²) in [6.45, 7) is 0.345. The summed E-state index contributed by atoms with van der Waals surface area (Å²) in [5.74, 6) is -0.812. The van der Waals surface area contributed by atoms with Crippen molar-refractivity contribution in [1.29, 1.82) is 0 Å². The van der Waals surface area contributed by atoms with Gasteiger partial charge in [-0.15, -0.1) is 0 Å². The van der Waals surface area contributed by atoms with Crippen molar-refractivity contribution in [3.8, 4) is 0 Å². The second-order valence-electron chi connectivity index (χ2n) is 3.10. The lowest BCUT2D eigenvalue weighted by Crippen LogP contribution is -2.16. The van der Waals surface area contributed by atoms with Crippen LogP contribution in [0, 0.1) is 0 Å². The topological polar surface area (TPSA) is 49.7 Å². The number of hydrogen-bond acceptors (Lipinski definition) is 3. The Kier molecular flexibility index (Phi) is 2.98. The molecule has 1 N–H and O–H groups in total. The second kappa shape index (κ2) is 4.24. The van der Waals surface area contributed by atoms with Crippen LogP contribution in [-0.2, 0) is 4.79 Å². The van der Waals surface area contributed by atoms with Gasteiger partial charge in [0.2, 0.25) is 0 Å². The zero-order valence-electron chi connectivity index (χ0n) is 7.68. The van der Waals surface area contributed by atoms with Gasteiger partial charge in [-0.25, -0.2) is 0 Å². The number of thioether (sulfide) groups is 1. The molecule has 0 amide bonds. The van der Waals surface area contributed by atoms with Gasteiger partial charge in [-0.1, -0.05) is 35.5 Å². The molecule has 0 radical (unpaired) electrons. The average Bonchev–Trinajstić information content (AvgIpc) is 2.68. The minimum atomic E-state index is -0.812. The first-order valence-electron chi connectivity index (χ1n) is 4.36. The fourth-order valence-electron chi connectivity index (χ4n) is 1.26. The van der Waals surface area contributed by atoms with Crippen molar-refractivity contribution in [2.75, 3.05) is 6.54 Å². The molecule has 0 bridgehead atoms. The van der Waals surface area contributed by atoms with E-state index in [0.29, 0.717) is 11.6 Å². The Hall–Kier alpha value is -1.000. The zero-order valence-corrected chi connectivity index (χ0v) is 9.26. The molecule has 1 aromatic carbocycles. The maximum atomic E-state index is 10.7. The van der Waals surface area contributed by atoms with Crippen molar-refractivity contribution in [2.45, 2.75) is 5.25 Å². The van der Waals surface area contributed by atoms with Crippen LogP contribution in [0.2, 0.25) is 5.02 Å². The zero-order chi connectivity index (χ0) is 10.8. The molecule has 0 saturated carbocycles. The lowest BCUT2D eigenvalue weighted by molar-refractivity contribution is -0.136. The maximum absolute atomic E-state index is 10.7. The van der Waals surface area contributed by atoms with Crippen LogP contribution in [0.4, 0.5) is 0 Å². The SMILES string of the molecule is O=C(O)C1CN=C(c2ccc(Cl)cc2)S1. The van der Waals surface area contributed by atoms with E-state index in [1.165, 1.54) is 11.8 Å². The minimum Gasteiger partial charge on any atom is -0.480 e. The number of benzene rings is 1. The Bertz CT molecular complexity index is 416. The molecule has 0 spiro atoms. The van der Waals surface area contributed by atoms with Crippen LogP contribution < -0.4 is 0 Å². The van der Waals surface area contributed by atoms with Crippen LogP contribution in [0.1, 0.15) is 5.56 Å². The highest BCUT2D eigenvalue weighted by atomic mass is 35.5. The van der Waals surface area contributed by atoms with Crippen molar-refractivity contribution in [3.63, 3.8) is 0 Å². The van der Waals surface area contributed by atoms with Gasteiger partial charge in [-0.3, -0.25) is 9.79 Å². The van der Waals surface area contributed by atoms with E-state index in [2.05, 4.69) is 4.99 Å². The number of rotatable bonds is 2. The van der Waals surface area contributed by atoms with Gasteiger partial charge in [0, 0.05) is 10.6 Å². The summed E-state index contributed by atoms with van der Waals surface area (Å²) in [7, 11) is 0. The number of carbonyl (C=O) groups is 1. The number of carboxylic acids is 1. The largest absolute Gasteiger partial charge is 0.480 e. The minimum absolute atomic E-state index is 0.345. The van der Waals surface area contributed by atoms with Crippen LogP contribution in [0.3, 0.4) is 0 Å². The Morgan fingerprint density at radius 1 is 1.47 bits per heavy atom. The summed E-state index contributed by atoms with van der Waals surface area (Å²) >= 11 is 7.04. The number of carboxylic acid groups (broad SMARTS) is 1. The first-order valence-corrected chi connectivity index (χ1v) is 5.62. The Morgan fingerprint density at radius 3 is 2.67 bits per heavy atom. The maximum Gasteiger partial charge on any atom is 0.318 e. The third-order valence-electron chi connectivity index (χ3n) is 2.02. The predicted octanol–water partition coefficient (Wildman–Crippen LogP) is 2.29. The molecule has 0 aliphatic carbocycles. The summed E-state index contributed by atoms with van der Waals surface area (Å²) in [4.78, 5) is 14.9. The van der Waals surface area contributed by atoms with E-state index < -0.39 is 11.2 Å². The standard InChI is InChI=1S/C10H8ClNO2S/c11-7-3-1-6(2-4-7)9-12-5-8(15-9)10(13)14/h1-4,8H,5H2,(H,13,14). The van der Waals surface area contributed by atoms with Gasteiger partial charge in [-0.05, 0) is 12.1 Å². The molecule has 1 unspecified atom stereocenters. The first-order chi connectivity index (χ1) is 7.16. The Labute approximate surface area is 96.2 Å². The number of nitrogens with zero attached hydrogens (tertiary/aromatic N) is 1. The fraction of sp³-hybridized carbons (Fsp3) is 0.200. The number of aliphatic carboxylic acids is 1. The van der Waals surface area contributed by atoms with Crippen molar-refractivity contribution in [2.24, 2.45) is 4.99 Å². The molecular weight excluding hydrogens is 234 g/mol. The van der Waals surface area contributed by atoms with Gasteiger partial charge in [0.25, 0.3) is 0 Å². The molecule has 78 valence electrons. The summed E-state index contributed by atoms with van der Waals surface area (Å²) in [5.41, 5.74) is 0.924. The number of hydrogen-bond donors (Lipinski definition) is 1. The van der Waals surface area contributed by atoms with E-state index in [-0.39, 0.29) is 0 Å². The molecule has 2 rings (SSSR count). The molecular formula is C10H8ClNO2S. The summed E-state index contributed by atoms with van der Waals surface area (Å²) in [5, 5.41) is 9.80. The van der Waals surface area contributed by atoms with Gasteiger partial charge in [0.05, 0.1) is 11.6 Å². The van der Waals surface area contributed by atoms with Crippen molar-refractivity contribution < 1.29 is 9.90 Å². The molecule has 1 heterocycles. The molecule has 5 heteroatoms. The van der Waals surface area contributed by atoms with Crippen LogP contribution in [0.15, 0.2) is 29.3 Å². The number of halogens is 1. The normalized spacial score (nSPS) is 20.1. The first kappa shape index (κ1) is 10.5. The Morgan fingerprint density at radius 2 is 2.13 bits per heavy atom. The average molecular weight is 242 g/mol. The van der Waals surface area contributed by atoms with Crippen LogP contribution in [-0.4, -0.2) is 27.9 Å². The van der Waals surface area contributed by atoms with Gasteiger partial charge in [-0.2, -0.15) is 0 Å². The molecule has 1 aromatic rings. The smallest absolute Gasteiger partial charge is 0.318 e. The second-order valence-corrected chi connectivity index (χ2v) is 4.73. The van der Waals surface area contributed by atoms with Gasteiger partial charge in [0.1, 0.15) is 5.25 Å². The van der Waals surface area contributed by atoms with E-state index >= 15 is 0 Å². The van der Waals surface area contributed by atoms with Crippen molar-refractivity contribution >= 4 is 34.4 Å². The van der Waals surface area contributed by atoms with Crippen LogP contribution in [0.5, 0.6) is 0 Å². The molecule has 3 nitrogen and oxygen atoms in total. The highest BCUT2D eigenvalue weighted by Crippen LogP contribution is 2.26. The van der Waals surface area contributed by atoms with Crippen molar-refractivity contribution in [1.82, 2.24) is 0 Å². The molecule has 1 aliphatic rings. The third-order valence-corrected chi connectivity index (χ3v) is 3.50. The molecule has 0 saturated heterocycles. The number of aliphatic imine (C=N–C) groups is 1. The Balaban J connectivity index is 2.14. The van der Waals surface area contributed by atoms with E-state index in [9.17, 15) is 4.79 Å². The fourth-order valence-corrected chi connectivity index (χ4v) is 2.32. The highest BCUT2D eigenvalue weighted by Gasteiger charge is 2.26. The van der Waals surface area contributed by atoms with E-state index in [4.69, 9.17) is 16.7 Å². The van der Waals surface area contributed by atoms with Crippen LogP contribution >= 0.6 is 23.4 Å². The molecule has 0 aromatic heterocycles. The summed E-state index contributed by atoms with van der Waals surface area (Å²) in [6.07, 6.45) is 0. The molecule has 1 aliphatic heterocycles. The predicted molar refractivity (Wildman–Crippen MR) is 61.9 cm³/mol.